The molecule has 0 fully saturated rings. The van der Waals surface area contributed by atoms with Crippen LogP contribution in [-0.4, -0.2) is 67.5 Å². The Morgan fingerprint density at radius 2 is 0.800 bits per heavy atom. The maximum absolute atomic E-state index is 6.30. The quantitative estimate of drug-likeness (QED) is 0.363. The molecule has 0 aliphatic carbocycles. The van der Waals surface area contributed by atoms with Gasteiger partial charge in [0.1, 0.15) is 0 Å². The Bertz CT molecular complexity index is 286. The van der Waals surface area contributed by atoms with Crippen LogP contribution in [0.2, 0.25) is 4.28 Å². The minimum atomic E-state index is -3.07. The van der Waals surface area contributed by atoms with E-state index < -0.39 is 21.9 Å². The summed E-state index contributed by atoms with van der Waals surface area (Å²) < 4.78 is 37.4. The van der Waals surface area contributed by atoms with Crippen molar-refractivity contribution in [1.29, 1.82) is 0 Å². The van der Waals surface area contributed by atoms with Crippen molar-refractivity contribution in [3.05, 3.63) is 0 Å². The van der Waals surface area contributed by atoms with E-state index in [1.54, 1.807) is 0 Å². The first-order valence-corrected chi connectivity index (χ1v) is 14.2. The van der Waals surface area contributed by atoms with Crippen LogP contribution in [0.4, 0.5) is 0 Å². The fraction of sp³-hybridized carbons (Fsp3) is 1.00. The average Bonchev–Trinajstić information content (AvgIpc) is 2.56. The average molecular weight is 413 g/mol. The van der Waals surface area contributed by atoms with E-state index in [9.17, 15) is 0 Å². The molecule has 0 aromatic carbocycles. The van der Waals surface area contributed by atoms with Gasteiger partial charge >= 0.3 is 17.6 Å². The Morgan fingerprint density at radius 1 is 0.560 bits per heavy atom. The van der Waals surface area contributed by atoms with Gasteiger partial charge in [-0.15, -0.1) is 0 Å². The van der Waals surface area contributed by atoms with E-state index in [0.717, 1.165) is 23.1 Å². The van der Waals surface area contributed by atoms with Crippen LogP contribution < -0.4 is 0 Å². The SMILES string of the molecule is CCCC([SiH3])([Si](OCC)(OCC)OCC)[Si](OCC)(OCC)OCC. The van der Waals surface area contributed by atoms with Crippen LogP contribution in [0.25, 0.3) is 0 Å². The summed E-state index contributed by atoms with van der Waals surface area (Å²) in [5.74, 6) is 0. The molecular formula is C16H40O6Si3. The maximum Gasteiger partial charge on any atom is 0.508 e. The fourth-order valence-corrected chi connectivity index (χ4v) is 15.0. The maximum atomic E-state index is 6.30. The third-order valence-corrected chi connectivity index (χ3v) is 17.3. The van der Waals surface area contributed by atoms with Gasteiger partial charge in [0.25, 0.3) is 0 Å². The first-order chi connectivity index (χ1) is 11.9. The molecule has 0 saturated carbocycles. The lowest BCUT2D eigenvalue weighted by atomic mass is 10.4. The molecule has 25 heavy (non-hydrogen) atoms. The summed E-state index contributed by atoms with van der Waals surface area (Å²) in [6, 6.07) is 0. The fourth-order valence-electron chi connectivity index (χ4n) is 3.34. The van der Waals surface area contributed by atoms with Crippen molar-refractivity contribution in [3.8, 4) is 0 Å². The van der Waals surface area contributed by atoms with Crippen molar-refractivity contribution in [3.63, 3.8) is 0 Å². The molecule has 0 aliphatic rings. The third kappa shape index (κ3) is 5.69. The zero-order valence-corrected chi connectivity index (χ0v) is 21.6. The Balaban J connectivity index is 6.43. The summed E-state index contributed by atoms with van der Waals surface area (Å²) in [6.45, 7) is 17.3. The van der Waals surface area contributed by atoms with Gasteiger partial charge in [-0.1, -0.05) is 13.3 Å². The number of rotatable bonds is 16. The molecule has 0 bridgehead atoms. The number of hydrogen-bond donors (Lipinski definition) is 0. The van der Waals surface area contributed by atoms with Crippen molar-refractivity contribution in [1.82, 2.24) is 0 Å². The summed E-state index contributed by atoms with van der Waals surface area (Å²) in [7, 11) is -5.39. The molecule has 0 aromatic heterocycles. The molecule has 0 N–H and O–H groups in total. The number of hydrogen-bond acceptors (Lipinski definition) is 6. The van der Waals surface area contributed by atoms with Gasteiger partial charge in [-0.25, -0.2) is 0 Å². The Hall–Kier alpha value is 0.411. The lowest BCUT2D eigenvalue weighted by Gasteiger charge is -2.49. The van der Waals surface area contributed by atoms with Crippen LogP contribution >= 0.6 is 0 Å². The molecule has 0 spiro atoms. The first-order valence-electron chi connectivity index (χ1n) is 9.76. The predicted octanol–water partition coefficient (Wildman–Crippen LogP) is 2.49. The molecule has 0 aromatic rings. The van der Waals surface area contributed by atoms with E-state index >= 15 is 0 Å². The second-order valence-electron chi connectivity index (χ2n) is 5.79. The Morgan fingerprint density at radius 3 is 0.960 bits per heavy atom. The van der Waals surface area contributed by atoms with Crippen LogP contribution in [0.5, 0.6) is 0 Å². The molecule has 0 amide bonds. The summed E-state index contributed by atoms with van der Waals surface area (Å²) >= 11 is 0. The lowest BCUT2D eigenvalue weighted by Crippen LogP contribution is -2.71. The highest BCUT2D eigenvalue weighted by Gasteiger charge is 2.73. The lowest BCUT2D eigenvalue weighted by molar-refractivity contribution is 0.0237. The molecule has 0 aliphatic heterocycles. The van der Waals surface area contributed by atoms with Gasteiger partial charge in [0.15, 0.2) is 0 Å². The molecule has 0 heterocycles. The summed E-state index contributed by atoms with van der Waals surface area (Å²) in [5.41, 5.74) is 0. The Kier molecular flexibility index (Phi) is 12.9. The second kappa shape index (κ2) is 12.7. The van der Waals surface area contributed by atoms with Gasteiger partial charge in [-0.2, -0.15) is 0 Å². The van der Waals surface area contributed by atoms with E-state index in [0.29, 0.717) is 39.6 Å². The molecule has 9 heteroatoms. The van der Waals surface area contributed by atoms with Crippen molar-refractivity contribution in [2.75, 3.05) is 39.6 Å². The largest absolute Gasteiger partial charge is 0.508 e. The summed E-state index contributed by atoms with van der Waals surface area (Å²) in [5, 5.41) is 0. The predicted molar refractivity (Wildman–Crippen MR) is 109 cm³/mol. The molecule has 0 radical (unpaired) electrons. The van der Waals surface area contributed by atoms with Crippen LogP contribution in [-0.2, 0) is 26.6 Å². The van der Waals surface area contributed by atoms with Crippen molar-refractivity contribution in [2.45, 2.75) is 65.6 Å². The molecule has 152 valence electrons. The van der Waals surface area contributed by atoms with E-state index in [-0.39, 0.29) is 0 Å². The minimum absolute atomic E-state index is 0.432. The van der Waals surface area contributed by atoms with Gasteiger partial charge in [-0.05, 0) is 48.0 Å². The van der Waals surface area contributed by atoms with Gasteiger partial charge in [0.05, 0.1) is 4.28 Å². The molecule has 0 atom stereocenters. The van der Waals surface area contributed by atoms with Crippen molar-refractivity contribution >= 4 is 27.9 Å². The topological polar surface area (TPSA) is 55.4 Å². The van der Waals surface area contributed by atoms with Gasteiger partial charge in [-0.3, -0.25) is 0 Å². The monoisotopic (exact) mass is 412 g/mol. The van der Waals surface area contributed by atoms with E-state index in [4.69, 9.17) is 26.6 Å². The highest BCUT2D eigenvalue weighted by atomic mass is 28.5. The van der Waals surface area contributed by atoms with E-state index in [2.05, 4.69) is 6.92 Å². The second-order valence-corrected chi connectivity index (χ2v) is 16.2. The molecule has 0 rings (SSSR count). The summed E-state index contributed by atoms with van der Waals surface area (Å²) in [4.78, 5) is 0. The standard InChI is InChI=1S/C16H40O6Si3/c1-8-15-16(23,24(17-9-2,18-10-3)19-11-4)25(20-12-5,21-13-6)22-14-7/h8-15H2,1-7,23H3. The molecule has 0 unspecified atom stereocenters. The highest BCUT2D eigenvalue weighted by molar-refractivity contribution is 6.93. The molecule has 6 nitrogen and oxygen atoms in total. The van der Waals surface area contributed by atoms with Gasteiger partial charge in [0.2, 0.25) is 0 Å². The molecular weight excluding hydrogens is 372 g/mol. The zero-order valence-electron chi connectivity index (χ0n) is 17.6. The van der Waals surface area contributed by atoms with E-state index in [1.807, 2.05) is 41.5 Å². The highest BCUT2D eigenvalue weighted by Crippen LogP contribution is 2.50. The van der Waals surface area contributed by atoms with Gasteiger partial charge in [0, 0.05) is 49.9 Å². The zero-order chi connectivity index (χ0) is 19.4. The third-order valence-electron chi connectivity index (χ3n) is 4.11. The minimum Gasteiger partial charge on any atom is -0.374 e. The Labute approximate surface area is 160 Å². The molecule has 0 saturated heterocycles. The van der Waals surface area contributed by atoms with Crippen molar-refractivity contribution < 1.29 is 26.6 Å². The smallest absolute Gasteiger partial charge is 0.374 e. The van der Waals surface area contributed by atoms with Crippen LogP contribution in [0.1, 0.15) is 61.3 Å². The summed E-state index contributed by atoms with van der Waals surface area (Å²) in [6.07, 6.45) is 1.82. The van der Waals surface area contributed by atoms with Gasteiger partial charge < -0.3 is 26.6 Å². The van der Waals surface area contributed by atoms with Crippen LogP contribution in [0, 0.1) is 0 Å². The van der Waals surface area contributed by atoms with Crippen LogP contribution in [0.3, 0.4) is 0 Å². The van der Waals surface area contributed by atoms with Crippen molar-refractivity contribution in [2.24, 2.45) is 0 Å². The normalized spacial score (nSPS) is 13.6. The van der Waals surface area contributed by atoms with Crippen LogP contribution in [0.15, 0.2) is 0 Å². The first kappa shape index (κ1) is 25.4. The van der Waals surface area contributed by atoms with E-state index in [1.165, 1.54) is 0 Å².